The summed E-state index contributed by atoms with van der Waals surface area (Å²) in [5.74, 6) is 0.871. The van der Waals surface area contributed by atoms with Crippen LogP contribution in [0.4, 0.5) is 0 Å². The van der Waals surface area contributed by atoms with Gasteiger partial charge in [0.05, 0.1) is 0 Å². The highest BCUT2D eigenvalue weighted by Gasteiger charge is 2.32. The first kappa shape index (κ1) is 11.9. The predicted octanol–water partition coefficient (Wildman–Crippen LogP) is 2.33. The van der Waals surface area contributed by atoms with Crippen LogP contribution in [0.3, 0.4) is 0 Å². The summed E-state index contributed by atoms with van der Waals surface area (Å²) >= 11 is 2.43. The van der Waals surface area contributed by atoms with Crippen molar-refractivity contribution in [3.8, 4) is 0 Å². The standard InChI is InChI=1S/C9H17IN4/c1-8(2,6-10)5-9(3,4)7-11-13-14-12-7/h5-6H2,1-4H3,(H,11,12,13,14). The minimum atomic E-state index is 0.0121. The maximum absolute atomic E-state index is 3.99. The van der Waals surface area contributed by atoms with Crippen molar-refractivity contribution >= 4 is 22.6 Å². The van der Waals surface area contributed by atoms with Crippen LogP contribution in [0.1, 0.15) is 39.9 Å². The van der Waals surface area contributed by atoms with Crippen LogP contribution in [-0.2, 0) is 5.41 Å². The van der Waals surface area contributed by atoms with Gasteiger partial charge in [0.1, 0.15) is 0 Å². The molecule has 1 rings (SSSR count). The van der Waals surface area contributed by atoms with Crippen molar-refractivity contribution in [2.45, 2.75) is 39.5 Å². The van der Waals surface area contributed by atoms with Crippen LogP contribution in [0, 0.1) is 5.41 Å². The van der Waals surface area contributed by atoms with Crippen molar-refractivity contribution in [2.75, 3.05) is 4.43 Å². The second kappa shape index (κ2) is 4.12. The van der Waals surface area contributed by atoms with E-state index in [-0.39, 0.29) is 5.41 Å². The highest BCUT2D eigenvalue weighted by molar-refractivity contribution is 14.1. The molecule has 1 aromatic rings. The van der Waals surface area contributed by atoms with E-state index in [2.05, 4.69) is 70.9 Å². The summed E-state index contributed by atoms with van der Waals surface area (Å²) in [5.41, 5.74) is 0.328. The normalized spacial score (nSPS) is 13.2. The van der Waals surface area contributed by atoms with Gasteiger partial charge in [-0.25, -0.2) is 5.10 Å². The fraction of sp³-hybridized carbons (Fsp3) is 0.889. The van der Waals surface area contributed by atoms with Crippen molar-refractivity contribution in [1.82, 2.24) is 20.6 Å². The molecule has 0 fully saturated rings. The largest absolute Gasteiger partial charge is 0.242 e. The quantitative estimate of drug-likeness (QED) is 0.686. The number of aromatic nitrogens is 4. The summed E-state index contributed by atoms with van der Waals surface area (Å²) in [6.07, 6.45) is 1.07. The van der Waals surface area contributed by atoms with Crippen molar-refractivity contribution in [3.63, 3.8) is 0 Å². The minimum absolute atomic E-state index is 0.0121. The van der Waals surface area contributed by atoms with Crippen LogP contribution >= 0.6 is 22.6 Å². The van der Waals surface area contributed by atoms with Gasteiger partial charge in [-0.2, -0.15) is 0 Å². The summed E-state index contributed by atoms with van der Waals surface area (Å²) in [7, 11) is 0. The first-order valence-electron chi connectivity index (χ1n) is 4.68. The van der Waals surface area contributed by atoms with E-state index in [1.54, 1.807) is 0 Å². The lowest BCUT2D eigenvalue weighted by Gasteiger charge is -2.31. The monoisotopic (exact) mass is 308 g/mol. The number of aromatic amines is 1. The summed E-state index contributed by atoms with van der Waals surface area (Å²) < 4.78 is 1.13. The van der Waals surface area contributed by atoms with Crippen LogP contribution in [0.25, 0.3) is 0 Å². The molecule has 0 aliphatic rings. The number of tetrazole rings is 1. The molecule has 4 nitrogen and oxygen atoms in total. The molecule has 0 aliphatic heterocycles. The Morgan fingerprint density at radius 2 is 1.93 bits per heavy atom. The zero-order valence-corrected chi connectivity index (χ0v) is 11.3. The maximum atomic E-state index is 3.99. The third-order valence-corrected chi connectivity index (χ3v) is 4.33. The molecular weight excluding hydrogens is 291 g/mol. The Bertz CT molecular complexity index is 279. The van der Waals surface area contributed by atoms with E-state index in [1.807, 2.05) is 0 Å². The molecule has 0 spiro atoms. The molecule has 0 atom stereocenters. The van der Waals surface area contributed by atoms with Crippen molar-refractivity contribution in [3.05, 3.63) is 5.82 Å². The predicted molar refractivity (Wildman–Crippen MR) is 64.5 cm³/mol. The minimum Gasteiger partial charge on any atom is -0.242 e. The lowest BCUT2D eigenvalue weighted by atomic mass is 9.76. The molecule has 1 aromatic heterocycles. The Morgan fingerprint density at radius 1 is 1.29 bits per heavy atom. The van der Waals surface area contributed by atoms with Gasteiger partial charge in [0.25, 0.3) is 0 Å². The average Bonchev–Trinajstić information content (AvgIpc) is 2.54. The van der Waals surface area contributed by atoms with Gasteiger partial charge in [0.15, 0.2) is 5.82 Å². The number of nitrogens with one attached hydrogen (secondary N) is 1. The molecule has 80 valence electrons. The van der Waals surface area contributed by atoms with Crippen molar-refractivity contribution in [1.29, 1.82) is 0 Å². The molecule has 0 aliphatic carbocycles. The molecule has 5 heteroatoms. The van der Waals surface area contributed by atoms with Crippen LogP contribution in [0.15, 0.2) is 0 Å². The number of H-pyrrole nitrogens is 1. The Labute approximate surface area is 98.4 Å². The van der Waals surface area contributed by atoms with E-state index in [0.717, 1.165) is 16.7 Å². The number of rotatable bonds is 4. The zero-order valence-electron chi connectivity index (χ0n) is 9.13. The SMILES string of the molecule is CC(C)(CI)CC(C)(C)c1nnn[nH]1. The van der Waals surface area contributed by atoms with Gasteiger partial charge in [-0.3, -0.25) is 0 Å². The van der Waals surface area contributed by atoms with Crippen LogP contribution in [0.2, 0.25) is 0 Å². The fourth-order valence-corrected chi connectivity index (χ4v) is 2.04. The second-order valence-corrected chi connectivity index (χ2v) is 5.87. The highest BCUT2D eigenvalue weighted by atomic mass is 127. The third kappa shape index (κ3) is 2.90. The summed E-state index contributed by atoms with van der Waals surface area (Å²) in [5, 5.41) is 14.1. The van der Waals surface area contributed by atoms with Crippen molar-refractivity contribution < 1.29 is 0 Å². The average molecular weight is 308 g/mol. The maximum Gasteiger partial charge on any atom is 0.154 e. The summed E-state index contributed by atoms with van der Waals surface area (Å²) in [6, 6.07) is 0. The number of nitrogens with zero attached hydrogens (tertiary/aromatic N) is 3. The molecule has 14 heavy (non-hydrogen) atoms. The molecule has 0 saturated heterocycles. The van der Waals surface area contributed by atoms with E-state index in [9.17, 15) is 0 Å². The molecule has 0 amide bonds. The molecule has 1 heterocycles. The Kier molecular flexibility index (Phi) is 3.49. The molecule has 0 radical (unpaired) electrons. The molecule has 0 bridgehead atoms. The van der Waals surface area contributed by atoms with Gasteiger partial charge in [0, 0.05) is 9.84 Å². The molecule has 0 saturated carbocycles. The van der Waals surface area contributed by atoms with Gasteiger partial charge >= 0.3 is 0 Å². The van der Waals surface area contributed by atoms with E-state index in [4.69, 9.17) is 0 Å². The number of alkyl halides is 1. The Hall–Kier alpha value is -0.200. The van der Waals surface area contributed by atoms with Crippen LogP contribution in [0.5, 0.6) is 0 Å². The van der Waals surface area contributed by atoms with Gasteiger partial charge in [-0.1, -0.05) is 50.3 Å². The van der Waals surface area contributed by atoms with Gasteiger partial charge in [-0.05, 0) is 22.3 Å². The highest BCUT2D eigenvalue weighted by Crippen LogP contribution is 2.35. The van der Waals surface area contributed by atoms with Gasteiger partial charge in [-0.15, -0.1) is 5.10 Å². The number of hydrogen-bond acceptors (Lipinski definition) is 3. The van der Waals surface area contributed by atoms with E-state index >= 15 is 0 Å². The molecular formula is C9H17IN4. The van der Waals surface area contributed by atoms with E-state index in [0.29, 0.717) is 5.41 Å². The Balaban J connectivity index is 2.77. The first-order chi connectivity index (χ1) is 6.37. The lowest BCUT2D eigenvalue weighted by molar-refractivity contribution is 0.284. The van der Waals surface area contributed by atoms with Crippen LogP contribution in [-0.4, -0.2) is 25.1 Å². The summed E-state index contributed by atoms with van der Waals surface area (Å²) in [6.45, 7) is 8.88. The van der Waals surface area contributed by atoms with Gasteiger partial charge < -0.3 is 0 Å². The lowest BCUT2D eigenvalue weighted by Crippen LogP contribution is -2.28. The van der Waals surface area contributed by atoms with Crippen LogP contribution < -0.4 is 0 Å². The second-order valence-electron chi connectivity index (χ2n) is 5.11. The first-order valence-corrected chi connectivity index (χ1v) is 6.20. The third-order valence-electron chi connectivity index (χ3n) is 2.27. The Morgan fingerprint density at radius 3 is 2.36 bits per heavy atom. The number of hydrogen-bond donors (Lipinski definition) is 1. The fourth-order valence-electron chi connectivity index (χ4n) is 1.77. The molecule has 0 aromatic carbocycles. The van der Waals surface area contributed by atoms with Crippen molar-refractivity contribution in [2.24, 2.45) is 5.41 Å². The van der Waals surface area contributed by atoms with E-state index in [1.165, 1.54) is 0 Å². The summed E-state index contributed by atoms with van der Waals surface area (Å²) in [4.78, 5) is 0. The van der Waals surface area contributed by atoms with E-state index < -0.39 is 0 Å². The smallest absolute Gasteiger partial charge is 0.154 e. The van der Waals surface area contributed by atoms with Gasteiger partial charge in [0.2, 0.25) is 0 Å². The molecule has 1 N–H and O–H groups in total. The number of halogens is 1. The topological polar surface area (TPSA) is 54.5 Å². The zero-order chi connectivity index (χ0) is 10.8. The molecule has 0 unspecified atom stereocenters.